The molecule has 0 bridgehead atoms. The first-order valence-corrected chi connectivity index (χ1v) is 6.82. The molecule has 0 aromatic carbocycles. The second-order valence-corrected chi connectivity index (χ2v) is 6.34. The van der Waals surface area contributed by atoms with E-state index in [1.165, 1.54) is 4.31 Å². The molecule has 1 saturated carbocycles. The van der Waals surface area contributed by atoms with Gasteiger partial charge in [0, 0.05) is 13.1 Å². The Labute approximate surface area is 91.9 Å². The van der Waals surface area contributed by atoms with Crippen LogP contribution in [0, 0.1) is 17.2 Å². The van der Waals surface area contributed by atoms with Crippen molar-refractivity contribution in [3.05, 3.63) is 0 Å². The fourth-order valence-electron chi connectivity index (χ4n) is 1.68. The Morgan fingerprint density at radius 2 is 2.07 bits per heavy atom. The van der Waals surface area contributed by atoms with Crippen LogP contribution < -0.4 is 0 Å². The lowest BCUT2D eigenvalue weighted by Gasteiger charge is -2.25. The van der Waals surface area contributed by atoms with Crippen molar-refractivity contribution in [3.63, 3.8) is 0 Å². The van der Waals surface area contributed by atoms with E-state index in [1.807, 2.05) is 13.0 Å². The molecule has 0 spiro atoms. The van der Waals surface area contributed by atoms with Crippen molar-refractivity contribution in [2.75, 3.05) is 7.05 Å². The van der Waals surface area contributed by atoms with Crippen LogP contribution in [0.15, 0.2) is 0 Å². The third-order valence-corrected chi connectivity index (χ3v) is 5.45. The third-order valence-electron chi connectivity index (χ3n) is 3.15. The number of sulfonamides is 1. The molecule has 5 heteroatoms. The molecule has 2 atom stereocenters. The van der Waals surface area contributed by atoms with Gasteiger partial charge in [-0.2, -0.15) is 5.26 Å². The first-order chi connectivity index (χ1) is 6.95. The summed E-state index contributed by atoms with van der Waals surface area (Å²) < 4.78 is 25.3. The predicted octanol–water partition coefficient (Wildman–Crippen LogP) is 1.35. The summed E-state index contributed by atoms with van der Waals surface area (Å²) in [5.74, 6) is 0.487. The topological polar surface area (TPSA) is 61.2 Å². The van der Waals surface area contributed by atoms with E-state index in [9.17, 15) is 8.42 Å². The minimum atomic E-state index is -3.43. The van der Waals surface area contributed by atoms with E-state index in [0.29, 0.717) is 12.3 Å². The number of nitrogens with zero attached hydrogens (tertiary/aromatic N) is 2. The smallest absolute Gasteiger partial charge is 0.211 e. The molecule has 0 radical (unpaired) electrons. The van der Waals surface area contributed by atoms with Gasteiger partial charge in [0.05, 0.1) is 6.07 Å². The summed E-state index contributed by atoms with van der Waals surface area (Å²) in [4.78, 5) is 0. The lowest BCUT2D eigenvalue weighted by atomic mass is 10.2. The van der Waals surface area contributed by atoms with E-state index in [4.69, 9.17) is 5.26 Å². The zero-order chi connectivity index (χ0) is 11.6. The van der Waals surface area contributed by atoms with Crippen molar-refractivity contribution in [3.8, 4) is 6.07 Å². The molecule has 0 aromatic rings. The van der Waals surface area contributed by atoms with Crippen LogP contribution in [0.25, 0.3) is 0 Å². The standard InChI is InChI=1S/C10H18N2O2S/c1-4-10(7-11)15(13,14)12(3)8(2)9-5-6-9/h8-10H,4-6H2,1-3H3. The average molecular weight is 230 g/mol. The van der Waals surface area contributed by atoms with E-state index >= 15 is 0 Å². The fourth-order valence-corrected chi connectivity index (χ4v) is 3.27. The van der Waals surface area contributed by atoms with Crippen molar-refractivity contribution in [1.29, 1.82) is 5.26 Å². The van der Waals surface area contributed by atoms with Gasteiger partial charge in [-0.3, -0.25) is 0 Å². The average Bonchev–Trinajstić information content (AvgIpc) is 3.00. The first kappa shape index (κ1) is 12.5. The zero-order valence-electron chi connectivity index (χ0n) is 9.47. The Kier molecular flexibility index (Phi) is 3.74. The van der Waals surface area contributed by atoms with Crippen molar-refractivity contribution in [2.24, 2.45) is 5.92 Å². The van der Waals surface area contributed by atoms with Crippen molar-refractivity contribution in [2.45, 2.75) is 44.4 Å². The minimum absolute atomic E-state index is 0.0254. The summed E-state index contributed by atoms with van der Waals surface area (Å²) in [5.41, 5.74) is 0. The normalized spacial score (nSPS) is 21.0. The summed E-state index contributed by atoms with van der Waals surface area (Å²) >= 11 is 0. The van der Waals surface area contributed by atoms with Gasteiger partial charge in [0.1, 0.15) is 0 Å². The zero-order valence-corrected chi connectivity index (χ0v) is 10.3. The van der Waals surface area contributed by atoms with E-state index in [1.54, 1.807) is 14.0 Å². The lowest BCUT2D eigenvalue weighted by Crippen LogP contribution is -2.41. The van der Waals surface area contributed by atoms with Crippen LogP contribution in [-0.4, -0.2) is 31.1 Å². The van der Waals surface area contributed by atoms with Crippen molar-refractivity contribution >= 4 is 10.0 Å². The molecule has 4 nitrogen and oxygen atoms in total. The number of hydrogen-bond donors (Lipinski definition) is 0. The summed E-state index contributed by atoms with van der Waals surface area (Å²) in [7, 11) is -1.85. The van der Waals surface area contributed by atoms with Crippen LogP contribution in [0.5, 0.6) is 0 Å². The molecule has 86 valence electrons. The van der Waals surface area contributed by atoms with Crippen LogP contribution in [0.1, 0.15) is 33.1 Å². The summed E-state index contributed by atoms with van der Waals surface area (Å²) in [6.07, 6.45) is 2.55. The quantitative estimate of drug-likeness (QED) is 0.716. The largest absolute Gasteiger partial charge is 0.230 e. The van der Waals surface area contributed by atoms with E-state index < -0.39 is 15.3 Å². The maximum atomic E-state index is 12.0. The molecule has 1 rings (SSSR count). The highest BCUT2D eigenvalue weighted by Crippen LogP contribution is 2.36. The van der Waals surface area contributed by atoms with Gasteiger partial charge in [0.25, 0.3) is 0 Å². The molecule has 1 aliphatic carbocycles. The van der Waals surface area contributed by atoms with Crippen LogP contribution in [-0.2, 0) is 10.0 Å². The second-order valence-electron chi connectivity index (χ2n) is 4.17. The van der Waals surface area contributed by atoms with Gasteiger partial charge >= 0.3 is 0 Å². The lowest BCUT2D eigenvalue weighted by molar-refractivity contribution is 0.354. The molecular formula is C10H18N2O2S. The monoisotopic (exact) mass is 230 g/mol. The molecule has 0 aliphatic heterocycles. The maximum Gasteiger partial charge on any atom is 0.230 e. The molecule has 0 N–H and O–H groups in total. The molecule has 1 fully saturated rings. The summed E-state index contributed by atoms with van der Waals surface area (Å²) in [6, 6.07) is 1.88. The second kappa shape index (κ2) is 4.50. The van der Waals surface area contributed by atoms with Gasteiger partial charge in [0.15, 0.2) is 5.25 Å². The van der Waals surface area contributed by atoms with Gasteiger partial charge < -0.3 is 0 Å². The Morgan fingerprint density at radius 1 is 1.53 bits per heavy atom. The first-order valence-electron chi connectivity index (χ1n) is 5.31. The van der Waals surface area contributed by atoms with Crippen LogP contribution in [0.3, 0.4) is 0 Å². The number of nitriles is 1. The van der Waals surface area contributed by atoms with E-state index in [0.717, 1.165) is 12.8 Å². The minimum Gasteiger partial charge on any atom is -0.211 e. The molecular weight excluding hydrogens is 212 g/mol. The highest BCUT2D eigenvalue weighted by molar-refractivity contribution is 7.90. The Hall–Kier alpha value is -0.600. The maximum absolute atomic E-state index is 12.0. The molecule has 1 aliphatic rings. The Morgan fingerprint density at radius 3 is 2.40 bits per heavy atom. The van der Waals surface area contributed by atoms with Crippen molar-refractivity contribution in [1.82, 2.24) is 4.31 Å². The van der Waals surface area contributed by atoms with E-state index in [2.05, 4.69) is 0 Å². The SMILES string of the molecule is CCC(C#N)S(=O)(=O)N(C)C(C)C1CC1. The highest BCUT2D eigenvalue weighted by Gasteiger charge is 2.38. The molecule has 0 heterocycles. The van der Waals surface area contributed by atoms with Crippen LogP contribution in [0.2, 0.25) is 0 Å². The molecule has 0 saturated heterocycles. The molecule has 2 unspecified atom stereocenters. The van der Waals surface area contributed by atoms with Gasteiger partial charge in [-0.1, -0.05) is 6.92 Å². The van der Waals surface area contributed by atoms with Gasteiger partial charge in [-0.05, 0) is 32.1 Å². The molecule has 0 aromatic heterocycles. The fraction of sp³-hybridized carbons (Fsp3) is 0.900. The van der Waals surface area contributed by atoms with Gasteiger partial charge in [-0.15, -0.1) is 0 Å². The van der Waals surface area contributed by atoms with E-state index in [-0.39, 0.29) is 6.04 Å². The Balaban J connectivity index is 2.80. The Bertz CT molecular complexity index is 354. The predicted molar refractivity (Wildman–Crippen MR) is 58.6 cm³/mol. The molecule has 15 heavy (non-hydrogen) atoms. The summed E-state index contributed by atoms with van der Waals surface area (Å²) in [6.45, 7) is 3.64. The highest BCUT2D eigenvalue weighted by atomic mass is 32.2. The molecule has 0 amide bonds. The van der Waals surface area contributed by atoms with Crippen LogP contribution >= 0.6 is 0 Å². The van der Waals surface area contributed by atoms with Crippen molar-refractivity contribution < 1.29 is 8.42 Å². The van der Waals surface area contributed by atoms with Gasteiger partial charge in [-0.25, -0.2) is 12.7 Å². The number of hydrogen-bond acceptors (Lipinski definition) is 3. The third kappa shape index (κ3) is 2.50. The van der Waals surface area contributed by atoms with Gasteiger partial charge in [0.2, 0.25) is 10.0 Å². The number of rotatable bonds is 5. The summed E-state index contributed by atoms with van der Waals surface area (Å²) in [5, 5.41) is 7.89. The van der Waals surface area contributed by atoms with Crippen LogP contribution in [0.4, 0.5) is 0 Å².